The van der Waals surface area contributed by atoms with Crippen molar-refractivity contribution in [2.75, 3.05) is 26.2 Å². The van der Waals surface area contributed by atoms with Crippen molar-refractivity contribution in [2.45, 2.75) is 11.0 Å². The first-order valence-corrected chi connectivity index (χ1v) is 10.8. The molecule has 0 aliphatic heterocycles. The molecule has 0 radical (unpaired) electrons. The zero-order chi connectivity index (χ0) is 23.3. The van der Waals surface area contributed by atoms with Gasteiger partial charge in [0.1, 0.15) is 18.5 Å². The van der Waals surface area contributed by atoms with Gasteiger partial charge in [0, 0.05) is 24.7 Å². The van der Waals surface area contributed by atoms with Gasteiger partial charge in [0.15, 0.2) is 0 Å². The average Bonchev–Trinajstić information content (AvgIpc) is 2.73. The highest BCUT2D eigenvalue weighted by Crippen LogP contribution is 2.13. The normalized spacial score (nSPS) is 11.7. The molecule has 0 heterocycles. The first-order chi connectivity index (χ1) is 14.6. The van der Waals surface area contributed by atoms with Crippen LogP contribution in [-0.4, -0.2) is 68.0 Å². The van der Waals surface area contributed by atoms with Crippen LogP contribution in [0.15, 0.2) is 59.5 Å². The standard InChI is InChI=1S/C17H21ClN2O4S.C2H2O4/c18-14-6-8-17(9-7-14)25(22,23)20-11-10-19-12-15(21)13-24-16-4-2-1-3-5-16;3-1(4)2(5)6/h1-9,15,19-21H,10-13H2;(H,3,4)(H,5,6). The Morgan fingerprint density at radius 1 is 0.968 bits per heavy atom. The second-order valence-corrected chi connectivity index (χ2v) is 8.15. The van der Waals surface area contributed by atoms with E-state index in [1.807, 2.05) is 30.3 Å². The number of sulfonamides is 1. The number of carbonyl (C=O) groups is 2. The molecule has 12 heteroatoms. The minimum absolute atomic E-state index is 0.160. The van der Waals surface area contributed by atoms with Gasteiger partial charge in [-0.1, -0.05) is 29.8 Å². The van der Waals surface area contributed by atoms with Gasteiger partial charge in [-0.25, -0.2) is 22.7 Å². The summed E-state index contributed by atoms with van der Waals surface area (Å²) in [7, 11) is -3.56. The third kappa shape index (κ3) is 11.3. The number of para-hydroxylation sites is 1. The van der Waals surface area contributed by atoms with Crippen molar-refractivity contribution in [3.05, 3.63) is 59.6 Å². The van der Waals surface area contributed by atoms with Crippen LogP contribution in [0.2, 0.25) is 5.02 Å². The maximum absolute atomic E-state index is 12.0. The number of carboxylic acid groups (broad SMARTS) is 2. The van der Waals surface area contributed by atoms with E-state index in [9.17, 15) is 13.5 Å². The maximum Gasteiger partial charge on any atom is 0.414 e. The largest absolute Gasteiger partial charge is 0.491 e. The molecule has 0 aromatic heterocycles. The summed E-state index contributed by atoms with van der Waals surface area (Å²) in [6, 6.07) is 15.2. The van der Waals surface area contributed by atoms with Crippen molar-refractivity contribution in [1.82, 2.24) is 10.0 Å². The van der Waals surface area contributed by atoms with Crippen LogP contribution in [0.3, 0.4) is 0 Å². The number of benzene rings is 2. The Hall–Kier alpha value is -2.70. The zero-order valence-electron chi connectivity index (χ0n) is 16.3. The van der Waals surface area contributed by atoms with Crippen LogP contribution < -0.4 is 14.8 Å². The molecule has 2 aromatic rings. The van der Waals surface area contributed by atoms with Gasteiger partial charge >= 0.3 is 11.9 Å². The maximum atomic E-state index is 12.0. The lowest BCUT2D eigenvalue weighted by Crippen LogP contribution is -2.37. The van der Waals surface area contributed by atoms with Gasteiger partial charge < -0.3 is 25.4 Å². The van der Waals surface area contributed by atoms with Gasteiger partial charge in [0.2, 0.25) is 10.0 Å². The summed E-state index contributed by atoms with van der Waals surface area (Å²) >= 11 is 5.74. The first kappa shape index (κ1) is 26.3. The Bertz CT molecular complexity index is 912. The number of carboxylic acids is 2. The fourth-order valence-electron chi connectivity index (χ4n) is 2.01. The van der Waals surface area contributed by atoms with Crippen LogP contribution in [-0.2, 0) is 19.6 Å². The molecular formula is C19H23ClN2O8S. The molecule has 2 rings (SSSR count). The van der Waals surface area contributed by atoms with Crippen molar-refractivity contribution >= 4 is 33.6 Å². The summed E-state index contributed by atoms with van der Waals surface area (Å²) < 4.78 is 32.0. The number of ether oxygens (including phenoxy) is 1. The van der Waals surface area contributed by atoms with E-state index < -0.39 is 28.1 Å². The minimum atomic E-state index is -3.56. The van der Waals surface area contributed by atoms with Crippen LogP contribution in [0.5, 0.6) is 5.75 Å². The van der Waals surface area contributed by atoms with Crippen molar-refractivity contribution in [1.29, 1.82) is 0 Å². The predicted octanol–water partition coefficient (Wildman–Crippen LogP) is 0.803. The Morgan fingerprint density at radius 2 is 1.55 bits per heavy atom. The van der Waals surface area contributed by atoms with Crippen molar-refractivity contribution < 1.29 is 38.1 Å². The van der Waals surface area contributed by atoms with E-state index in [0.29, 0.717) is 23.9 Å². The first-order valence-electron chi connectivity index (χ1n) is 8.90. The number of halogens is 1. The smallest absolute Gasteiger partial charge is 0.414 e. The van der Waals surface area contributed by atoms with Gasteiger partial charge in [0.25, 0.3) is 0 Å². The summed E-state index contributed by atoms with van der Waals surface area (Å²) in [5.74, 6) is -2.96. The highest BCUT2D eigenvalue weighted by molar-refractivity contribution is 7.89. The van der Waals surface area contributed by atoms with Crippen LogP contribution in [0, 0.1) is 0 Å². The number of aliphatic hydroxyl groups is 1. The molecule has 0 fully saturated rings. The molecule has 0 spiro atoms. The number of aliphatic hydroxyl groups excluding tert-OH is 1. The summed E-state index contributed by atoms with van der Waals surface area (Å²) in [6.45, 7) is 1.05. The zero-order valence-corrected chi connectivity index (χ0v) is 17.8. The number of hydrogen-bond donors (Lipinski definition) is 5. The van der Waals surface area contributed by atoms with Crippen LogP contribution in [0.25, 0.3) is 0 Å². The molecule has 0 amide bonds. The third-order valence-electron chi connectivity index (χ3n) is 3.47. The SMILES string of the molecule is O=C(O)C(=O)O.O=S(=O)(NCCNCC(O)COc1ccccc1)c1ccc(Cl)cc1. The Kier molecular flexibility index (Phi) is 11.5. The van der Waals surface area contributed by atoms with Gasteiger partial charge in [-0.2, -0.15) is 0 Å². The highest BCUT2D eigenvalue weighted by Gasteiger charge is 2.13. The average molecular weight is 475 g/mol. The van der Waals surface area contributed by atoms with E-state index in [4.69, 9.17) is 36.1 Å². The molecule has 2 aromatic carbocycles. The van der Waals surface area contributed by atoms with Crippen LogP contribution in [0.4, 0.5) is 0 Å². The molecule has 0 bridgehead atoms. The Morgan fingerprint density at radius 3 is 2.10 bits per heavy atom. The molecule has 0 aliphatic rings. The molecular weight excluding hydrogens is 452 g/mol. The van der Waals surface area contributed by atoms with Gasteiger partial charge in [-0.3, -0.25) is 0 Å². The fraction of sp³-hybridized carbons (Fsp3) is 0.263. The number of nitrogens with one attached hydrogen (secondary N) is 2. The third-order valence-corrected chi connectivity index (χ3v) is 5.20. The van der Waals surface area contributed by atoms with Crippen molar-refractivity contribution in [3.8, 4) is 5.75 Å². The number of hydrogen-bond acceptors (Lipinski definition) is 7. The molecule has 31 heavy (non-hydrogen) atoms. The summed E-state index contributed by atoms with van der Waals surface area (Å²) in [6.07, 6.45) is -0.687. The summed E-state index contributed by atoms with van der Waals surface area (Å²) in [4.78, 5) is 18.4. The van der Waals surface area contributed by atoms with E-state index in [-0.39, 0.29) is 18.0 Å². The second kappa shape index (κ2) is 13.6. The molecule has 0 aliphatic carbocycles. The van der Waals surface area contributed by atoms with Gasteiger partial charge in [-0.05, 0) is 36.4 Å². The number of rotatable bonds is 10. The number of aliphatic carboxylic acids is 2. The molecule has 1 unspecified atom stereocenters. The minimum Gasteiger partial charge on any atom is -0.491 e. The quantitative estimate of drug-likeness (QED) is 0.247. The van der Waals surface area contributed by atoms with E-state index in [0.717, 1.165) is 0 Å². The van der Waals surface area contributed by atoms with E-state index in [2.05, 4.69) is 10.0 Å². The van der Waals surface area contributed by atoms with Crippen LogP contribution >= 0.6 is 11.6 Å². The van der Waals surface area contributed by atoms with Gasteiger partial charge in [-0.15, -0.1) is 0 Å². The molecule has 0 saturated carbocycles. The molecule has 10 nitrogen and oxygen atoms in total. The Labute approximate surface area is 184 Å². The van der Waals surface area contributed by atoms with E-state index >= 15 is 0 Å². The molecule has 0 saturated heterocycles. The van der Waals surface area contributed by atoms with Crippen molar-refractivity contribution in [2.24, 2.45) is 0 Å². The topological polar surface area (TPSA) is 162 Å². The fourth-order valence-corrected chi connectivity index (χ4v) is 3.17. The second-order valence-electron chi connectivity index (χ2n) is 5.94. The lowest BCUT2D eigenvalue weighted by molar-refractivity contribution is -0.159. The predicted molar refractivity (Wildman–Crippen MR) is 113 cm³/mol. The molecule has 1 atom stereocenters. The molecule has 170 valence electrons. The summed E-state index contributed by atoms with van der Waals surface area (Å²) in [5.41, 5.74) is 0. The van der Waals surface area contributed by atoms with E-state index in [1.165, 1.54) is 24.3 Å². The lowest BCUT2D eigenvalue weighted by Gasteiger charge is -2.13. The lowest BCUT2D eigenvalue weighted by atomic mass is 10.3. The molecule has 5 N–H and O–H groups in total. The van der Waals surface area contributed by atoms with Crippen LogP contribution in [0.1, 0.15) is 0 Å². The highest BCUT2D eigenvalue weighted by atomic mass is 35.5. The summed E-state index contributed by atoms with van der Waals surface area (Å²) in [5, 5.41) is 28.1. The van der Waals surface area contributed by atoms with Gasteiger partial charge in [0.05, 0.1) is 4.90 Å². The Balaban J connectivity index is 0.000000703. The van der Waals surface area contributed by atoms with E-state index in [1.54, 1.807) is 0 Å². The monoisotopic (exact) mass is 474 g/mol. The van der Waals surface area contributed by atoms with Crippen molar-refractivity contribution in [3.63, 3.8) is 0 Å².